The summed E-state index contributed by atoms with van der Waals surface area (Å²) in [7, 11) is 0. The fourth-order valence-corrected chi connectivity index (χ4v) is 4.74. The second kappa shape index (κ2) is 6.81. The van der Waals surface area contributed by atoms with Crippen molar-refractivity contribution in [2.24, 2.45) is 0 Å². The average molecular weight is 370 g/mol. The number of hydrogen-bond acceptors (Lipinski definition) is 5. The van der Waals surface area contributed by atoms with E-state index in [9.17, 15) is 9.59 Å². The molecule has 2 aromatic heterocycles. The van der Waals surface area contributed by atoms with Gasteiger partial charge in [0, 0.05) is 38.1 Å². The standard InChI is InChI=1S/C19H22N4O2S/c1-15(24)23-11-18(25)22(17-5-9-26-12-17)14-19(23)6-8-21(13-19)10-16-4-2-3-7-20-16/h2-5,7,9,12H,6,8,10-11,13-14H2,1H3/t19-/m0/s1. The molecule has 0 aliphatic carbocycles. The van der Waals surface area contributed by atoms with Crippen molar-refractivity contribution < 1.29 is 9.59 Å². The maximum absolute atomic E-state index is 12.6. The highest BCUT2D eigenvalue weighted by atomic mass is 32.1. The topological polar surface area (TPSA) is 56.8 Å². The van der Waals surface area contributed by atoms with Gasteiger partial charge in [0.05, 0.1) is 23.5 Å². The second-order valence-corrected chi connectivity index (χ2v) is 7.85. The fraction of sp³-hybridized carbons (Fsp3) is 0.421. The van der Waals surface area contributed by atoms with Crippen molar-refractivity contribution in [3.63, 3.8) is 0 Å². The Kier molecular flexibility index (Phi) is 4.50. The molecule has 26 heavy (non-hydrogen) atoms. The zero-order chi connectivity index (χ0) is 18.1. The summed E-state index contributed by atoms with van der Waals surface area (Å²) in [6.07, 6.45) is 2.67. The van der Waals surface area contributed by atoms with Gasteiger partial charge in [0.1, 0.15) is 6.54 Å². The van der Waals surface area contributed by atoms with Crippen molar-refractivity contribution in [2.75, 3.05) is 31.1 Å². The van der Waals surface area contributed by atoms with E-state index in [2.05, 4.69) is 9.88 Å². The third-order valence-corrected chi connectivity index (χ3v) is 6.01. The van der Waals surface area contributed by atoms with E-state index in [1.54, 1.807) is 29.4 Å². The van der Waals surface area contributed by atoms with E-state index in [4.69, 9.17) is 0 Å². The number of anilines is 1. The molecule has 4 heterocycles. The number of likely N-dealkylation sites (tertiary alicyclic amines) is 1. The van der Waals surface area contributed by atoms with Crippen LogP contribution in [0.2, 0.25) is 0 Å². The SMILES string of the molecule is CC(=O)N1CC(=O)N(c2ccsc2)C[C@@]12CCN(Cc1ccccn1)C2. The molecule has 2 saturated heterocycles. The van der Waals surface area contributed by atoms with Gasteiger partial charge in [0.2, 0.25) is 11.8 Å². The Morgan fingerprint density at radius 2 is 2.19 bits per heavy atom. The number of carbonyl (C=O) groups excluding carboxylic acids is 2. The van der Waals surface area contributed by atoms with Crippen LogP contribution in [0.1, 0.15) is 19.0 Å². The summed E-state index contributed by atoms with van der Waals surface area (Å²) in [5.41, 5.74) is 1.64. The Hall–Kier alpha value is -2.25. The van der Waals surface area contributed by atoms with Crippen LogP contribution in [0.3, 0.4) is 0 Å². The number of thiophene rings is 1. The largest absolute Gasteiger partial charge is 0.325 e. The predicted octanol–water partition coefficient (Wildman–Crippen LogP) is 1.98. The van der Waals surface area contributed by atoms with Crippen molar-refractivity contribution in [2.45, 2.75) is 25.4 Å². The minimum absolute atomic E-state index is 0.00704. The van der Waals surface area contributed by atoms with Crippen LogP contribution in [-0.2, 0) is 16.1 Å². The van der Waals surface area contributed by atoms with Crippen LogP contribution < -0.4 is 4.90 Å². The van der Waals surface area contributed by atoms with Gasteiger partial charge in [-0.15, -0.1) is 0 Å². The molecule has 136 valence electrons. The minimum Gasteiger partial charge on any atom is -0.325 e. The Morgan fingerprint density at radius 3 is 2.88 bits per heavy atom. The molecule has 0 unspecified atom stereocenters. The highest BCUT2D eigenvalue weighted by Gasteiger charge is 2.50. The molecule has 4 rings (SSSR count). The zero-order valence-electron chi connectivity index (χ0n) is 14.8. The van der Waals surface area contributed by atoms with Crippen LogP contribution in [0.5, 0.6) is 0 Å². The van der Waals surface area contributed by atoms with E-state index in [1.165, 1.54) is 0 Å². The maximum atomic E-state index is 12.6. The molecule has 7 heteroatoms. The van der Waals surface area contributed by atoms with Gasteiger partial charge in [-0.2, -0.15) is 11.3 Å². The molecule has 2 amide bonds. The van der Waals surface area contributed by atoms with E-state index in [0.29, 0.717) is 6.54 Å². The van der Waals surface area contributed by atoms with Crippen LogP contribution in [-0.4, -0.2) is 58.3 Å². The molecule has 0 bridgehead atoms. The highest BCUT2D eigenvalue weighted by Crippen LogP contribution is 2.35. The molecule has 0 saturated carbocycles. The predicted molar refractivity (Wildman–Crippen MR) is 101 cm³/mol. The summed E-state index contributed by atoms with van der Waals surface area (Å²) in [4.78, 5) is 35.3. The van der Waals surface area contributed by atoms with Crippen LogP contribution in [0.25, 0.3) is 0 Å². The first-order valence-electron chi connectivity index (χ1n) is 8.80. The third kappa shape index (κ3) is 3.12. The molecule has 6 nitrogen and oxygen atoms in total. The van der Waals surface area contributed by atoms with Gasteiger partial charge in [0.25, 0.3) is 0 Å². The maximum Gasteiger partial charge on any atom is 0.246 e. The zero-order valence-corrected chi connectivity index (χ0v) is 15.6. The van der Waals surface area contributed by atoms with Crippen LogP contribution >= 0.6 is 11.3 Å². The summed E-state index contributed by atoms with van der Waals surface area (Å²) in [5, 5.41) is 3.98. The Balaban J connectivity index is 1.57. The molecule has 0 N–H and O–H groups in total. The van der Waals surface area contributed by atoms with Crippen LogP contribution in [0.4, 0.5) is 5.69 Å². The van der Waals surface area contributed by atoms with Crippen molar-refractivity contribution in [3.05, 3.63) is 46.9 Å². The van der Waals surface area contributed by atoms with Crippen molar-refractivity contribution >= 4 is 28.8 Å². The number of piperazine rings is 1. The van der Waals surface area contributed by atoms with E-state index in [-0.39, 0.29) is 23.9 Å². The average Bonchev–Trinajstić information content (AvgIpc) is 3.28. The molecule has 2 fully saturated rings. The minimum atomic E-state index is -0.323. The molecule has 1 atom stereocenters. The molecule has 1 spiro atoms. The first kappa shape index (κ1) is 17.2. The first-order chi connectivity index (χ1) is 12.6. The monoisotopic (exact) mass is 370 g/mol. The molecule has 2 aromatic rings. The number of hydrogen-bond donors (Lipinski definition) is 0. The van der Waals surface area contributed by atoms with Crippen LogP contribution in [0, 0.1) is 0 Å². The number of nitrogens with zero attached hydrogens (tertiary/aromatic N) is 4. The lowest BCUT2D eigenvalue weighted by atomic mass is 9.92. The molecule has 0 aromatic carbocycles. The van der Waals surface area contributed by atoms with E-state index < -0.39 is 0 Å². The van der Waals surface area contributed by atoms with Crippen molar-refractivity contribution in [3.8, 4) is 0 Å². The molecule has 0 radical (unpaired) electrons. The number of pyridine rings is 1. The van der Waals surface area contributed by atoms with Gasteiger partial charge in [-0.1, -0.05) is 6.07 Å². The molecule has 2 aliphatic rings. The van der Waals surface area contributed by atoms with E-state index in [0.717, 1.165) is 37.4 Å². The molecular formula is C19H22N4O2S. The van der Waals surface area contributed by atoms with Gasteiger partial charge in [-0.25, -0.2) is 0 Å². The lowest BCUT2D eigenvalue weighted by Crippen LogP contribution is -2.66. The lowest BCUT2D eigenvalue weighted by Gasteiger charge is -2.48. The van der Waals surface area contributed by atoms with Crippen molar-refractivity contribution in [1.29, 1.82) is 0 Å². The van der Waals surface area contributed by atoms with Crippen LogP contribution in [0.15, 0.2) is 41.2 Å². The smallest absolute Gasteiger partial charge is 0.246 e. The summed E-state index contributed by atoms with van der Waals surface area (Å²) in [6.45, 7) is 4.70. The summed E-state index contributed by atoms with van der Waals surface area (Å²) in [5.74, 6) is -0.0320. The molecular weight excluding hydrogens is 348 g/mol. The lowest BCUT2D eigenvalue weighted by molar-refractivity contribution is -0.142. The van der Waals surface area contributed by atoms with E-state index >= 15 is 0 Å². The highest BCUT2D eigenvalue weighted by molar-refractivity contribution is 7.08. The third-order valence-electron chi connectivity index (χ3n) is 5.34. The number of carbonyl (C=O) groups is 2. The van der Waals surface area contributed by atoms with Gasteiger partial charge in [-0.3, -0.25) is 19.5 Å². The summed E-state index contributed by atoms with van der Waals surface area (Å²) in [6, 6.07) is 7.90. The number of aromatic nitrogens is 1. The fourth-order valence-electron chi connectivity index (χ4n) is 4.09. The summed E-state index contributed by atoms with van der Waals surface area (Å²) >= 11 is 1.58. The Morgan fingerprint density at radius 1 is 1.31 bits per heavy atom. The quantitative estimate of drug-likeness (QED) is 0.829. The van der Waals surface area contributed by atoms with Crippen molar-refractivity contribution in [1.82, 2.24) is 14.8 Å². The van der Waals surface area contributed by atoms with Gasteiger partial charge in [0.15, 0.2) is 0 Å². The molecule has 2 aliphatic heterocycles. The summed E-state index contributed by atoms with van der Waals surface area (Å²) < 4.78 is 0. The van der Waals surface area contributed by atoms with E-state index in [1.807, 2.05) is 39.9 Å². The number of rotatable bonds is 3. The normalized spacial score (nSPS) is 23.8. The van der Waals surface area contributed by atoms with Gasteiger partial charge < -0.3 is 9.80 Å². The second-order valence-electron chi connectivity index (χ2n) is 7.07. The van der Waals surface area contributed by atoms with Gasteiger partial charge >= 0.3 is 0 Å². The first-order valence-corrected chi connectivity index (χ1v) is 9.75. The Bertz CT molecular complexity index is 795. The number of amides is 2. The van der Waals surface area contributed by atoms with Gasteiger partial charge in [-0.05, 0) is 30.0 Å². The Labute approximate surface area is 157 Å².